The predicted octanol–water partition coefficient (Wildman–Crippen LogP) is 6.35. The number of methoxy groups -OCH3 is 3. The van der Waals surface area contributed by atoms with Crippen molar-refractivity contribution in [3.63, 3.8) is 0 Å². The van der Waals surface area contributed by atoms with Gasteiger partial charge in [-0.2, -0.15) is 0 Å². The van der Waals surface area contributed by atoms with Crippen LogP contribution in [0.25, 0.3) is 0 Å². The van der Waals surface area contributed by atoms with Gasteiger partial charge in [0, 0.05) is 22.2 Å². The molecule has 0 amide bonds. The Balaban J connectivity index is 0.00000385. The summed E-state index contributed by atoms with van der Waals surface area (Å²) in [5, 5.41) is 4.63. The molecule has 0 aliphatic carbocycles. The normalized spacial score (nSPS) is 10.3. The van der Waals surface area contributed by atoms with Crippen LogP contribution in [0.1, 0.15) is 16.7 Å². The molecule has 0 saturated carbocycles. The zero-order valence-corrected chi connectivity index (χ0v) is 21.2. The van der Waals surface area contributed by atoms with Crippen LogP contribution in [0.2, 0.25) is 10.0 Å². The third kappa shape index (κ3) is 7.61. The molecule has 0 bridgehead atoms. The van der Waals surface area contributed by atoms with Crippen LogP contribution < -0.4 is 24.3 Å². The Morgan fingerprint density at radius 2 is 1.36 bits per heavy atom. The largest absolute Gasteiger partial charge is 0.493 e. The van der Waals surface area contributed by atoms with Gasteiger partial charge in [0.2, 0.25) is 0 Å². The second kappa shape index (κ2) is 13.4. The van der Waals surface area contributed by atoms with Gasteiger partial charge in [-0.1, -0.05) is 41.4 Å². The van der Waals surface area contributed by atoms with Gasteiger partial charge in [0.1, 0.15) is 6.61 Å². The topological polar surface area (TPSA) is 49.0 Å². The quantitative estimate of drug-likeness (QED) is 0.303. The lowest BCUT2D eigenvalue weighted by Crippen LogP contribution is -2.16. The zero-order valence-electron chi connectivity index (χ0n) is 18.8. The van der Waals surface area contributed by atoms with Crippen LogP contribution in [0.5, 0.6) is 23.0 Å². The van der Waals surface area contributed by atoms with Crippen LogP contribution in [-0.4, -0.2) is 27.9 Å². The van der Waals surface area contributed by atoms with Crippen molar-refractivity contribution in [2.24, 2.45) is 0 Å². The van der Waals surface area contributed by atoms with Gasteiger partial charge in [-0.3, -0.25) is 0 Å². The van der Waals surface area contributed by atoms with Crippen LogP contribution in [0.3, 0.4) is 0 Å². The summed E-state index contributed by atoms with van der Waals surface area (Å²) < 4.78 is 22.1. The van der Waals surface area contributed by atoms with E-state index in [-0.39, 0.29) is 12.4 Å². The summed E-state index contributed by atoms with van der Waals surface area (Å²) >= 11 is 12.2. The Bertz CT molecular complexity index is 1050. The third-order valence-electron chi connectivity index (χ3n) is 4.99. The molecule has 0 aliphatic heterocycles. The molecular formula is C25H28Cl3NO4. The molecule has 3 aromatic carbocycles. The van der Waals surface area contributed by atoms with Crippen molar-refractivity contribution in [2.45, 2.75) is 19.6 Å². The van der Waals surface area contributed by atoms with Gasteiger partial charge in [0.15, 0.2) is 23.0 Å². The number of halogens is 3. The van der Waals surface area contributed by atoms with Crippen molar-refractivity contribution >= 4 is 35.6 Å². The molecule has 0 spiro atoms. The first-order chi connectivity index (χ1) is 15.5. The zero-order chi connectivity index (χ0) is 22.9. The molecule has 1 N–H and O–H groups in total. The van der Waals surface area contributed by atoms with E-state index in [1.165, 1.54) is 5.56 Å². The molecule has 8 heteroatoms. The Morgan fingerprint density at radius 3 is 2.06 bits per heavy atom. The fraction of sp³-hybridized carbons (Fsp3) is 0.280. The van der Waals surface area contributed by atoms with Crippen LogP contribution in [0.4, 0.5) is 0 Å². The highest BCUT2D eigenvalue weighted by molar-refractivity contribution is 6.35. The van der Waals surface area contributed by atoms with Crippen molar-refractivity contribution in [1.82, 2.24) is 5.32 Å². The Kier molecular flexibility index (Phi) is 10.9. The Hall–Kier alpha value is -2.31. The maximum absolute atomic E-state index is 6.22. The van der Waals surface area contributed by atoms with E-state index in [1.54, 1.807) is 33.5 Å². The van der Waals surface area contributed by atoms with E-state index >= 15 is 0 Å². The molecule has 0 radical (unpaired) electrons. The highest BCUT2D eigenvalue weighted by Gasteiger charge is 2.09. The summed E-state index contributed by atoms with van der Waals surface area (Å²) in [6, 6.07) is 17.2. The maximum atomic E-state index is 6.22. The molecule has 0 fully saturated rings. The van der Waals surface area contributed by atoms with Gasteiger partial charge < -0.3 is 24.3 Å². The second-order valence-electron chi connectivity index (χ2n) is 7.13. The molecule has 33 heavy (non-hydrogen) atoms. The summed E-state index contributed by atoms with van der Waals surface area (Å²) in [5.74, 6) is 2.81. The summed E-state index contributed by atoms with van der Waals surface area (Å²) in [4.78, 5) is 0. The van der Waals surface area contributed by atoms with Gasteiger partial charge in [0.05, 0.1) is 21.3 Å². The van der Waals surface area contributed by atoms with Gasteiger partial charge in [0.25, 0.3) is 0 Å². The van der Waals surface area contributed by atoms with Crippen molar-refractivity contribution in [1.29, 1.82) is 0 Å². The average molecular weight is 513 g/mol. The van der Waals surface area contributed by atoms with E-state index < -0.39 is 0 Å². The molecule has 0 atom stereocenters. The number of hydrogen-bond donors (Lipinski definition) is 1. The molecule has 3 aromatic rings. The summed E-state index contributed by atoms with van der Waals surface area (Å²) in [5.41, 5.74) is 3.14. The lowest BCUT2D eigenvalue weighted by atomic mass is 10.1. The SMILES string of the molecule is COc1ccc(CCNCc2ccc(OCc3ccc(Cl)cc3Cl)c(OC)c2)cc1OC.Cl. The van der Waals surface area contributed by atoms with E-state index in [1.807, 2.05) is 42.5 Å². The highest BCUT2D eigenvalue weighted by atomic mass is 35.5. The van der Waals surface area contributed by atoms with E-state index in [4.69, 9.17) is 42.1 Å². The van der Waals surface area contributed by atoms with Crippen molar-refractivity contribution in [2.75, 3.05) is 27.9 Å². The monoisotopic (exact) mass is 511 g/mol. The van der Waals surface area contributed by atoms with E-state index in [9.17, 15) is 0 Å². The van der Waals surface area contributed by atoms with E-state index in [0.29, 0.717) is 34.7 Å². The fourth-order valence-corrected chi connectivity index (χ4v) is 3.70. The summed E-state index contributed by atoms with van der Waals surface area (Å²) in [7, 11) is 4.91. The number of nitrogens with one attached hydrogen (secondary N) is 1. The molecule has 0 aromatic heterocycles. The van der Waals surface area contributed by atoms with E-state index in [2.05, 4.69) is 5.32 Å². The Morgan fingerprint density at radius 1 is 0.727 bits per heavy atom. The van der Waals surface area contributed by atoms with Crippen molar-refractivity contribution < 1.29 is 18.9 Å². The molecule has 0 heterocycles. The first-order valence-electron chi connectivity index (χ1n) is 10.2. The van der Waals surface area contributed by atoms with Gasteiger partial charge in [-0.25, -0.2) is 0 Å². The molecular weight excluding hydrogens is 485 g/mol. The molecule has 5 nitrogen and oxygen atoms in total. The van der Waals surface area contributed by atoms with Crippen LogP contribution in [0, 0.1) is 0 Å². The molecule has 178 valence electrons. The minimum absolute atomic E-state index is 0. The van der Waals surface area contributed by atoms with Crippen LogP contribution in [0.15, 0.2) is 54.6 Å². The van der Waals surface area contributed by atoms with Crippen molar-refractivity contribution in [3.8, 4) is 23.0 Å². The lowest BCUT2D eigenvalue weighted by molar-refractivity contribution is 0.284. The first-order valence-corrected chi connectivity index (χ1v) is 10.9. The first kappa shape index (κ1) is 26.9. The van der Waals surface area contributed by atoms with Gasteiger partial charge in [-0.05, 0) is 60.5 Å². The molecule has 3 rings (SSSR count). The average Bonchev–Trinajstić information content (AvgIpc) is 2.81. The highest BCUT2D eigenvalue weighted by Crippen LogP contribution is 2.30. The smallest absolute Gasteiger partial charge is 0.161 e. The predicted molar refractivity (Wildman–Crippen MR) is 136 cm³/mol. The molecule has 0 aliphatic rings. The number of ether oxygens (including phenoxy) is 4. The van der Waals surface area contributed by atoms with Gasteiger partial charge in [-0.15, -0.1) is 12.4 Å². The lowest BCUT2D eigenvalue weighted by Gasteiger charge is -2.14. The van der Waals surface area contributed by atoms with Crippen LogP contribution in [-0.2, 0) is 19.6 Å². The van der Waals surface area contributed by atoms with E-state index in [0.717, 1.165) is 35.6 Å². The summed E-state index contributed by atoms with van der Waals surface area (Å²) in [6.45, 7) is 1.87. The standard InChI is InChI=1S/C25H27Cl2NO4.ClH/c1-29-22-8-4-17(12-24(22)30-2)10-11-28-15-18-5-9-23(25(13-18)31-3)32-16-19-6-7-20(26)14-21(19)27;/h4-9,12-14,28H,10-11,15-16H2,1-3H3;1H. The number of rotatable bonds is 11. The van der Waals surface area contributed by atoms with Gasteiger partial charge >= 0.3 is 0 Å². The fourth-order valence-electron chi connectivity index (χ4n) is 3.24. The number of hydrogen-bond acceptors (Lipinski definition) is 5. The summed E-state index contributed by atoms with van der Waals surface area (Å²) in [6.07, 6.45) is 0.876. The molecule has 0 saturated heterocycles. The minimum Gasteiger partial charge on any atom is -0.493 e. The second-order valence-corrected chi connectivity index (χ2v) is 7.97. The van der Waals surface area contributed by atoms with Crippen molar-refractivity contribution in [3.05, 3.63) is 81.3 Å². The molecule has 0 unspecified atom stereocenters. The Labute approximate surface area is 211 Å². The minimum atomic E-state index is 0. The maximum Gasteiger partial charge on any atom is 0.161 e. The van der Waals surface area contributed by atoms with Crippen LogP contribution >= 0.6 is 35.6 Å². The third-order valence-corrected chi connectivity index (χ3v) is 5.58. The number of benzene rings is 3.